The topological polar surface area (TPSA) is 38.3 Å². The Kier molecular flexibility index (Phi) is 4.91. The van der Waals surface area contributed by atoms with Gasteiger partial charge in [0.2, 0.25) is 0 Å². The first kappa shape index (κ1) is 15.9. The number of halogens is 2. The first-order valence-electron chi connectivity index (χ1n) is 6.38. The molecule has 2 aromatic rings. The summed E-state index contributed by atoms with van der Waals surface area (Å²) < 4.78 is 6.35. The Hall–Kier alpha value is -1.52. The maximum absolute atomic E-state index is 12.0. The van der Waals surface area contributed by atoms with E-state index in [4.69, 9.17) is 16.3 Å². The molecule has 0 saturated carbocycles. The van der Waals surface area contributed by atoms with Gasteiger partial charge in [-0.1, -0.05) is 27.5 Å². The lowest BCUT2D eigenvalue weighted by Gasteiger charge is -2.12. The molecule has 110 valence electrons. The van der Waals surface area contributed by atoms with Gasteiger partial charge in [-0.15, -0.1) is 0 Å². The van der Waals surface area contributed by atoms with Crippen molar-refractivity contribution in [1.29, 1.82) is 0 Å². The van der Waals surface area contributed by atoms with Crippen LogP contribution in [0.25, 0.3) is 0 Å². The number of ether oxygens (including phenoxy) is 1. The Morgan fingerprint density at radius 2 is 1.81 bits per heavy atom. The lowest BCUT2D eigenvalue weighted by Crippen LogP contribution is -2.18. The van der Waals surface area contributed by atoms with Gasteiger partial charge in [0.1, 0.15) is 5.75 Å². The van der Waals surface area contributed by atoms with E-state index < -0.39 is 6.09 Å². The van der Waals surface area contributed by atoms with Gasteiger partial charge in [0, 0.05) is 15.2 Å². The van der Waals surface area contributed by atoms with Crippen molar-refractivity contribution in [3.63, 3.8) is 0 Å². The van der Waals surface area contributed by atoms with Gasteiger partial charge in [-0.25, -0.2) is 4.79 Å². The molecule has 0 aliphatic carbocycles. The fourth-order valence-electron chi connectivity index (χ4n) is 1.87. The molecule has 0 aliphatic rings. The van der Waals surface area contributed by atoms with E-state index in [2.05, 4.69) is 21.2 Å². The number of anilines is 1. The number of nitrogens with one attached hydrogen (secondary N) is 1. The Balaban J connectivity index is 2.13. The highest BCUT2D eigenvalue weighted by Gasteiger charge is 2.10. The Morgan fingerprint density at radius 1 is 1.10 bits per heavy atom. The maximum Gasteiger partial charge on any atom is 0.417 e. The summed E-state index contributed by atoms with van der Waals surface area (Å²) in [5, 5.41) is 3.35. The molecule has 2 aromatic carbocycles. The molecule has 2 rings (SSSR count). The molecule has 0 bridgehead atoms. The molecule has 0 heterocycles. The molecular weight excluding hydrogens is 354 g/mol. The van der Waals surface area contributed by atoms with Gasteiger partial charge in [-0.3, -0.25) is 5.32 Å². The molecule has 0 spiro atoms. The van der Waals surface area contributed by atoms with Gasteiger partial charge in [-0.05, 0) is 67.8 Å². The van der Waals surface area contributed by atoms with Crippen molar-refractivity contribution in [3.8, 4) is 5.75 Å². The monoisotopic (exact) mass is 367 g/mol. The van der Waals surface area contributed by atoms with E-state index in [1.165, 1.54) is 0 Å². The van der Waals surface area contributed by atoms with E-state index >= 15 is 0 Å². The predicted molar refractivity (Wildman–Crippen MR) is 89.5 cm³/mol. The Labute approximate surface area is 137 Å². The predicted octanol–water partition coefficient (Wildman–Crippen LogP) is 5.64. The molecule has 0 fully saturated rings. The number of hydrogen-bond donors (Lipinski definition) is 1. The molecule has 21 heavy (non-hydrogen) atoms. The minimum Gasteiger partial charge on any atom is -0.410 e. The van der Waals surface area contributed by atoms with E-state index in [1.807, 2.05) is 32.9 Å². The second-order valence-corrected chi connectivity index (χ2v) is 6.13. The van der Waals surface area contributed by atoms with Gasteiger partial charge in [-0.2, -0.15) is 0 Å². The van der Waals surface area contributed by atoms with E-state index in [1.54, 1.807) is 18.2 Å². The van der Waals surface area contributed by atoms with Crippen molar-refractivity contribution >= 4 is 39.3 Å². The first-order chi connectivity index (χ1) is 9.86. The first-order valence-corrected chi connectivity index (χ1v) is 7.55. The number of benzene rings is 2. The van der Waals surface area contributed by atoms with Gasteiger partial charge < -0.3 is 4.74 Å². The molecule has 0 radical (unpaired) electrons. The van der Waals surface area contributed by atoms with Crippen LogP contribution >= 0.6 is 27.5 Å². The van der Waals surface area contributed by atoms with Crippen molar-refractivity contribution in [3.05, 3.63) is 56.5 Å². The number of amides is 1. The summed E-state index contributed by atoms with van der Waals surface area (Å²) in [7, 11) is 0. The quantitative estimate of drug-likeness (QED) is 0.745. The SMILES string of the molecule is Cc1cc(OC(=O)Nc2ccc(Cl)cc2C)c(C)cc1Br. The van der Waals surface area contributed by atoms with Crippen LogP contribution in [0, 0.1) is 20.8 Å². The minimum absolute atomic E-state index is 0.523. The molecule has 1 amide bonds. The van der Waals surface area contributed by atoms with Crippen LogP contribution in [0.4, 0.5) is 10.5 Å². The number of aryl methyl sites for hydroxylation is 3. The van der Waals surface area contributed by atoms with Crippen LogP contribution in [0.3, 0.4) is 0 Å². The van der Waals surface area contributed by atoms with Crippen molar-refractivity contribution in [2.75, 3.05) is 5.32 Å². The summed E-state index contributed by atoms with van der Waals surface area (Å²) in [6.45, 7) is 5.70. The van der Waals surface area contributed by atoms with Gasteiger partial charge in [0.25, 0.3) is 0 Å². The summed E-state index contributed by atoms with van der Waals surface area (Å²) >= 11 is 9.34. The van der Waals surface area contributed by atoms with Crippen molar-refractivity contribution in [1.82, 2.24) is 0 Å². The average molecular weight is 369 g/mol. The molecule has 0 aromatic heterocycles. The normalized spacial score (nSPS) is 10.3. The van der Waals surface area contributed by atoms with E-state index in [-0.39, 0.29) is 0 Å². The highest BCUT2D eigenvalue weighted by atomic mass is 79.9. The van der Waals surface area contributed by atoms with Crippen LogP contribution in [0.1, 0.15) is 16.7 Å². The molecular formula is C16H15BrClNO2. The molecule has 5 heteroatoms. The lowest BCUT2D eigenvalue weighted by molar-refractivity contribution is 0.215. The van der Waals surface area contributed by atoms with E-state index in [0.29, 0.717) is 16.5 Å². The fraction of sp³-hybridized carbons (Fsp3) is 0.188. The van der Waals surface area contributed by atoms with E-state index in [9.17, 15) is 4.79 Å². The summed E-state index contributed by atoms with van der Waals surface area (Å²) in [5.41, 5.74) is 3.44. The molecule has 0 atom stereocenters. The Bertz CT molecular complexity index is 701. The van der Waals surface area contributed by atoms with Crippen molar-refractivity contribution in [2.45, 2.75) is 20.8 Å². The van der Waals surface area contributed by atoms with Crippen LogP contribution in [-0.2, 0) is 0 Å². The van der Waals surface area contributed by atoms with Gasteiger partial charge in [0.05, 0.1) is 0 Å². The summed E-state index contributed by atoms with van der Waals surface area (Å²) in [5.74, 6) is 0.541. The number of hydrogen-bond acceptors (Lipinski definition) is 2. The van der Waals surface area contributed by atoms with Crippen LogP contribution in [0.2, 0.25) is 5.02 Å². The van der Waals surface area contributed by atoms with Crippen LogP contribution in [0.5, 0.6) is 5.75 Å². The number of rotatable bonds is 2. The second-order valence-electron chi connectivity index (χ2n) is 4.84. The third-order valence-electron chi connectivity index (χ3n) is 3.08. The highest BCUT2D eigenvalue weighted by molar-refractivity contribution is 9.10. The number of carbonyl (C=O) groups excluding carboxylic acids is 1. The third-order valence-corrected chi connectivity index (χ3v) is 4.17. The zero-order chi connectivity index (χ0) is 15.6. The van der Waals surface area contributed by atoms with Crippen LogP contribution < -0.4 is 10.1 Å². The summed E-state index contributed by atoms with van der Waals surface area (Å²) in [6.07, 6.45) is -0.523. The smallest absolute Gasteiger partial charge is 0.410 e. The zero-order valence-electron chi connectivity index (χ0n) is 12.0. The van der Waals surface area contributed by atoms with Crippen LogP contribution in [0.15, 0.2) is 34.8 Å². The van der Waals surface area contributed by atoms with Crippen molar-refractivity contribution < 1.29 is 9.53 Å². The molecule has 0 aliphatic heterocycles. The van der Waals surface area contributed by atoms with E-state index in [0.717, 1.165) is 21.2 Å². The molecule has 0 saturated heterocycles. The van der Waals surface area contributed by atoms with Gasteiger partial charge in [0.15, 0.2) is 0 Å². The zero-order valence-corrected chi connectivity index (χ0v) is 14.3. The highest BCUT2D eigenvalue weighted by Crippen LogP contribution is 2.27. The summed E-state index contributed by atoms with van der Waals surface area (Å²) in [4.78, 5) is 12.0. The fourth-order valence-corrected chi connectivity index (χ4v) is 2.55. The molecule has 3 nitrogen and oxygen atoms in total. The average Bonchev–Trinajstić information content (AvgIpc) is 2.39. The maximum atomic E-state index is 12.0. The van der Waals surface area contributed by atoms with Crippen LogP contribution in [-0.4, -0.2) is 6.09 Å². The summed E-state index contributed by atoms with van der Waals surface area (Å²) in [6, 6.07) is 9.00. The van der Waals surface area contributed by atoms with Gasteiger partial charge >= 0.3 is 6.09 Å². The largest absolute Gasteiger partial charge is 0.417 e. The molecule has 0 unspecified atom stereocenters. The second kappa shape index (κ2) is 6.50. The standard InChI is InChI=1S/C16H15BrClNO2/c1-9-8-15(11(3)7-13(9)17)21-16(20)19-14-5-4-12(18)6-10(14)2/h4-8H,1-3H3,(H,19,20). The minimum atomic E-state index is -0.523. The lowest BCUT2D eigenvalue weighted by atomic mass is 10.1. The molecule has 1 N–H and O–H groups in total. The number of carbonyl (C=O) groups is 1. The van der Waals surface area contributed by atoms with Crippen molar-refractivity contribution in [2.24, 2.45) is 0 Å². The third kappa shape index (κ3) is 3.99. The Morgan fingerprint density at radius 3 is 2.48 bits per heavy atom.